The van der Waals surface area contributed by atoms with E-state index < -0.39 is 0 Å². The molecule has 0 atom stereocenters. The van der Waals surface area contributed by atoms with E-state index in [0.29, 0.717) is 6.42 Å². The highest BCUT2D eigenvalue weighted by atomic mass is 16.5. The zero-order valence-corrected chi connectivity index (χ0v) is 15.4. The highest BCUT2D eigenvalue weighted by molar-refractivity contribution is 6.00. The van der Waals surface area contributed by atoms with Crippen molar-refractivity contribution < 1.29 is 9.53 Å². The number of rotatable bonds is 2. The van der Waals surface area contributed by atoms with E-state index >= 15 is 0 Å². The van der Waals surface area contributed by atoms with Crippen molar-refractivity contribution in [2.45, 2.75) is 52.9 Å². The lowest BCUT2D eigenvalue weighted by Crippen LogP contribution is -2.29. The lowest BCUT2D eigenvalue weighted by Gasteiger charge is -2.30. The molecule has 0 unspecified atom stereocenters. The third-order valence-electron chi connectivity index (χ3n) is 4.55. The molecule has 1 aliphatic rings. The van der Waals surface area contributed by atoms with Gasteiger partial charge in [0, 0.05) is 17.9 Å². The molecule has 0 saturated carbocycles. The maximum atomic E-state index is 12.9. The van der Waals surface area contributed by atoms with E-state index in [1.165, 1.54) is 0 Å². The van der Waals surface area contributed by atoms with Gasteiger partial charge in [0.1, 0.15) is 5.75 Å². The number of hydrogen-bond donors (Lipinski definition) is 0. The molecule has 0 amide bonds. The number of ketones is 1. The van der Waals surface area contributed by atoms with Gasteiger partial charge in [-0.15, -0.1) is 0 Å². The Bertz CT molecular complexity index is 794. The van der Waals surface area contributed by atoms with E-state index in [1.807, 2.05) is 28.9 Å². The Morgan fingerprint density at radius 3 is 2.54 bits per heavy atom. The Kier molecular flexibility index (Phi) is 3.82. The summed E-state index contributed by atoms with van der Waals surface area (Å²) in [6.45, 7) is 10.6. The van der Waals surface area contributed by atoms with Gasteiger partial charge >= 0.3 is 0 Å². The molecule has 4 nitrogen and oxygen atoms in total. The standard InChI is InChI=1S/C20H26N2O2/c1-19(2,3)18-17-15(11-20(4,5)12-16(17)23)22(21-18)13-8-7-9-14(10-13)24-6/h7-10H,11-12H2,1-6H3. The molecule has 0 fully saturated rings. The van der Waals surface area contributed by atoms with Crippen LogP contribution < -0.4 is 4.74 Å². The topological polar surface area (TPSA) is 44.1 Å². The van der Waals surface area contributed by atoms with Gasteiger partial charge < -0.3 is 4.74 Å². The first-order chi connectivity index (χ1) is 11.1. The molecule has 4 heteroatoms. The van der Waals surface area contributed by atoms with Crippen LogP contribution in [0.4, 0.5) is 0 Å². The second kappa shape index (κ2) is 5.47. The molecule has 0 spiro atoms. The van der Waals surface area contributed by atoms with E-state index in [0.717, 1.165) is 34.8 Å². The fourth-order valence-corrected chi connectivity index (χ4v) is 3.43. The molecule has 2 aromatic rings. The van der Waals surface area contributed by atoms with Gasteiger partial charge in [0.25, 0.3) is 0 Å². The number of benzene rings is 1. The van der Waals surface area contributed by atoms with E-state index in [4.69, 9.17) is 9.84 Å². The molecule has 3 rings (SSSR count). The van der Waals surface area contributed by atoms with E-state index in [2.05, 4.69) is 34.6 Å². The first-order valence-electron chi connectivity index (χ1n) is 8.42. The smallest absolute Gasteiger partial charge is 0.167 e. The summed E-state index contributed by atoms with van der Waals surface area (Å²) in [7, 11) is 1.66. The molecular weight excluding hydrogens is 300 g/mol. The van der Waals surface area contributed by atoms with Crippen molar-refractivity contribution in [2.75, 3.05) is 7.11 Å². The van der Waals surface area contributed by atoms with Crippen molar-refractivity contribution in [3.8, 4) is 11.4 Å². The van der Waals surface area contributed by atoms with Crippen molar-refractivity contribution in [2.24, 2.45) is 5.41 Å². The number of aromatic nitrogens is 2. The van der Waals surface area contributed by atoms with Crippen LogP contribution in [-0.4, -0.2) is 22.7 Å². The summed E-state index contributed by atoms with van der Waals surface area (Å²) >= 11 is 0. The molecule has 1 heterocycles. The second-order valence-corrected chi connectivity index (χ2v) is 8.47. The lowest BCUT2D eigenvalue weighted by molar-refractivity contribution is 0.0908. The highest BCUT2D eigenvalue weighted by Gasteiger charge is 2.39. The summed E-state index contributed by atoms with van der Waals surface area (Å²) in [6.07, 6.45) is 1.42. The van der Waals surface area contributed by atoms with Crippen LogP contribution in [0.15, 0.2) is 24.3 Å². The number of hydrogen-bond acceptors (Lipinski definition) is 3. The number of methoxy groups -OCH3 is 1. The molecule has 1 aromatic heterocycles. The fraction of sp³-hybridized carbons (Fsp3) is 0.500. The van der Waals surface area contributed by atoms with E-state index in [-0.39, 0.29) is 16.6 Å². The van der Waals surface area contributed by atoms with Crippen LogP contribution in [0.25, 0.3) is 5.69 Å². The maximum absolute atomic E-state index is 12.9. The normalized spacial score (nSPS) is 16.8. The minimum atomic E-state index is -0.175. The second-order valence-electron chi connectivity index (χ2n) is 8.47. The summed E-state index contributed by atoms with van der Waals surface area (Å²) < 4.78 is 7.29. The minimum absolute atomic E-state index is 0.0457. The summed E-state index contributed by atoms with van der Waals surface area (Å²) in [5.74, 6) is 0.996. The van der Waals surface area contributed by atoms with E-state index in [9.17, 15) is 4.79 Å². The first-order valence-corrected chi connectivity index (χ1v) is 8.42. The number of nitrogens with zero attached hydrogens (tertiary/aromatic N) is 2. The molecular formula is C20H26N2O2. The Morgan fingerprint density at radius 1 is 1.21 bits per heavy atom. The predicted octanol–water partition coefficient (Wildman–Crippen LogP) is 4.33. The molecule has 128 valence electrons. The fourth-order valence-electron chi connectivity index (χ4n) is 3.43. The number of Topliss-reactive ketones (excluding diaryl/α,β-unsaturated/α-hetero) is 1. The SMILES string of the molecule is COc1cccc(-n2nc(C(C)(C)C)c3c2CC(C)(C)CC3=O)c1. The molecule has 0 saturated heterocycles. The van der Waals surface area contributed by atoms with Gasteiger partial charge in [-0.25, -0.2) is 4.68 Å². The van der Waals surface area contributed by atoms with Gasteiger partial charge in [-0.2, -0.15) is 5.10 Å². The molecule has 0 bridgehead atoms. The summed E-state index contributed by atoms with van der Waals surface area (Å²) in [4.78, 5) is 12.9. The van der Waals surface area contributed by atoms with Crippen LogP contribution in [-0.2, 0) is 11.8 Å². The van der Waals surface area contributed by atoms with Gasteiger partial charge in [0.15, 0.2) is 5.78 Å². The number of fused-ring (bicyclic) bond motifs is 1. The van der Waals surface area contributed by atoms with Crippen molar-refractivity contribution in [3.05, 3.63) is 41.2 Å². The third kappa shape index (κ3) is 2.85. The van der Waals surface area contributed by atoms with Gasteiger partial charge in [-0.1, -0.05) is 40.7 Å². The molecule has 0 radical (unpaired) electrons. The molecule has 0 aliphatic heterocycles. The van der Waals surface area contributed by atoms with E-state index in [1.54, 1.807) is 7.11 Å². The van der Waals surface area contributed by atoms with Crippen LogP contribution in [0, 0.1) is 5.41 Å². The molecule has 24 heavy (non-hydrogen) atoms. The number of carbonyl (C=O) groups excluding carboxylic acids is 1. The lowest BCUT2D eigenvalue weighted by atomic mass is 9.73. The summed E-state index contributed by atoms with van der Waals surface area (Å²) in [6, 6.07) is 7.84. The zero-order valence-electron chi connectivity index (χ0n) is 15.4. The monoisotopic (exact) mass is 326 g/mol. The predicted molar refractivity (Wildman–Crippen MR) is 95.2 cm³/mol. The number of ether oxygens (including phenoxy) is 1. The summed E-state index contributed by atoms with van der Waals surface area (Å²) in [5.41, 5.74) is 3.45. The van der Waals surface area contributed by atoms with Crippen molar-refractivity contribution in [3.63, 3.8) is 0 Å². The van der Waals surface area contributed by atoms with Crippen molar-refractivity contribution >= 4 is 5.78 Å². The Balaban J connectivity index is 2.26. The first kappa shape index (κ1) is 16.7. The van der Waals surface area contributed by atoms with Gasteiger partial charge in [0.2, 0.25) is 0 Å². The third-order valence-corrected chi connectivity index (χ3v) is 4.55. The van der Waals surface area contributed by atoms with Crippen molar-refractivity contribution in [1.82, 2.24) is 9.78 Å². The average Bonchev–Trinajstić information content (AvgIpc) is 2.85. The Hall–Kier alpha value is -2.10. The van der Waals surface area contributed by atoms with Gasteiger partial charge in [0.05, 0.1) is 29.7 Å². The molecule has 1 aliphatic carbocycles. The quantitative estimate of drug-likeness (QED) is 0.825. The maximum Gasteiger partial charge on any atom is 0.167 e. The van der Waals surface area contributed by atoms with Crippen molar-refractivity contribution in [1.29, 1.82) is 0 Å². The average molecular weight is 326 g/mol. The zero-order chi connectivity index (χ0) is 17.7. The van der Waals surface area contributed by atoms with Crippen LogP contribution in [0.2, 0.25) is 0 Å². The highest BCUT2D eigenvalue weighted by Crippen LogP contribution is 2.40. The van der Waals surface area contributed by atoms with Crippen LogP contribution >= 0.6 is 0 Å². The van der Waals surface area contributed by atoms with Crippen LogP contribution in [0.5, 0.6) is 5.75 Å². The number of carbonyl (C=O) groups is 1. The van der Waals surface area contributed by atoms with Gasteiger partial charge in [-0.3, -0.25) is 4.79 Å². The van der Waals surface area contributed by atoms with Gasteiger partial charge in [-0.05, 0) is 24.0 Å². The molecule has 1 aromatic carbocycles. The largest absolute Gasteiger partial charge is 0.497 e. The Labute approximate surface area is 143 Å². The summed E-state index contributed by atoms with van der Waals surface area (Å²) in [5, 5.41) is 4.86. The minimum Gasteiger partial charge on any atom is -0.497 e. The Morgan fingerprint density at radius 2 is 1.92 bits per heavy atom. The molecule has 0 N–H and O–H groups in total. The van der Waals surface area contributed by atoms with Crippen LogP contribution in [0.1, 0.15) is 62.8 Å². The van der Waals surface area contributed by atoms with Crippen LogP contribution in [0.3, 0.4) is 0 Å².